The van der Waals surface area contributed by atoms with Gasteiger partial charge in [0.25, 0.3) is 0 Å². The van der Waals surface area contributed by atoms with Crippen LogP contribution in [0.4, 0.5) is 5.82 Å². The first-order valence-corrected chi connectivity index (χ1v) is 8.21. The van der Waals surface area contributed by atoms with E-state index >= 15 is 0 Å². The summed E-state index contributed by atoms with van der Waals surface area (Å²) in [5, 5.41) is 0. The fourth-order valence-corrected chi connectivity index (χ4v) is 3.17. The molecule has 3 heterocycles. The van der Waals surface area contributed by atoms with Crippen molar-refractivity contribution in [2.45, 2.75) is 6.54 Å². The summed E-state index contributed by atoms with van der Waals surface area (Å²) in [4.78, 5) is 13.8. The molecule has 6 heteroatoms. The number of imidazole rings is 1. The van der Waals surface area contributed by atoms with Gasteiger partial charge in [0.05, 0.1) is 7.11 Å². The highest BCUT2D eigenvalue weighted by Gasteiger charge is 2.20. The first-order valence-electron chi connectivity index (χ1n) is 8.21. The minimum absolute atomic E-state index is 0.905. The van der Waals surface area contributed by atoms with Crippen molar-refractivity contribution in [2.75, 3.05) is 38.2 Å². The molecule has 4 rings (SSSR count). The standard InChI is InChI=1S/C18H21N5O/c1-24-16-4-2-15(3-5-16)14-21-10-12-23(13-11-21)18-17-19-6-8-22(17)9-7-20-18/h2-9H,10-14H2,1H3. The topological polar surface area (TPSA) is 45.9 Å². The van der Waals surface area contributed by atoms with Gasteiger partial charge in [-0.1, -0.05) is 12.1 Å². The zero-order valence-electron chi connectivity index (χ0n) is 13.8. The summed E-state index contributed by atoms with van der Waals surface area (Å²) < 4.78 is 7.24. The van der Waals surface area contributed by atoms with Crippen LogP contribution in [0, 0.1) is 0 Å². The van der Waals surface area contributed by atoms with Crippen LogP contribution in [0.5, 0.6) is 5.75 Å². The molecule has 0 atom stereocenters. The molecular formula is C18H21N5O. The molecule has 6 nitrogen and oxygen atoms in total. The van der Waals surface area contributed by atoms with E-state index in [1.165, 1.54) is 5.56 Å². The maximum atomic E-state index is 5.22. The second-order valence-electron chi connectivity index (χ2n) is 6.02. The predicted molar refractivity (Wildman–Crippen MR) is 93.5 cm³/mol. The van der Waals surface area contributed by atoms with Gasteiger partial charge in [0.15, 0.2) is 11.5 Å². The molecule has 1 aromatic carbocycles. The molecule has 124 valence electrons. The van der Waals surface area contributed by atoms with Crippen molar-refractivity contribution in [2.24, 2.45) is 0 Å². The van der Waals surface area contributed by atoms with E-state index in [0.717, 1.165) is 49.9 Å². The van der Waals surface area contributed by atoms with E-state index in [0.29, 0.717) is 0 Å². The van der Waals surface area contributed by atoms with Crippen LogP contribution in [-0.2, 0) is 6.54 Å². The molecule has 2 aromatic heterocycles. The fourth-order valence-electron chi connectivity index (χ4n) is 3.17. The molecule has 0 N–H and O–H groups in total. The summed E-state index contributed by atoms with van der Waals surface area (Å²) in [5.74, 6) is 1.88. The molecule has 0 unspecified atom stereocenters. The van der Waals surface area contributed by atoms with E-state index in [9.17, 15) is 0 Å². The molecule has 0 radical (unpaired) electrons. The van der Waals surface area contributed by atoms with Crippen LogP contribution in [-0.4, -0.2) is 52.6 Å². The van der Waals surface area contributed by atoms with Gasteiger partial charge in [-0.15, -0.1) is 0 Å². The Bertz CT molecular complexity index is 806. The third-order valence-electron chi connectivity index (χ3n) is 4.53. The third kappa shape index (κ3) is 2.92. The number of hydrogen-bond acceptors (Lipinski definition) is 5. The predicted octanol–water partition coefficient (Wildman–Crippen LogP) is 2.06. The van der Waals surface area contributed by atoms with Crippen LogP contribution in [0.25, 0.3) is 5.65 Å². The van der Waals surface area contributed by atoms with Crippen molar-refractivity contribution in [1.82, 2.24) is 19.3 Å². The zero-order valence-corrected chi connectivity index (χ0v) is 13.8. The fraction of sp³-hybridized carbons (Fsp3) is 0.333. The molecular weight excluding hydrogens is 302 g/mol. The summed E-state index contributed by atoms with van der Waals surface area (Å²) >= 11 is 0. The first kappa shape index (κ1) is 15.0. The maximum Gasteiger partial charge on any atom is 0.180 e. The Kier molecular flexibility index (Phi) is 4.04. The molecule has 1 aliphatic heterocycles. The van der Waals surface area contributed by atoms with Crippen LogP contribution in [0.3, 0.4) is 0 Å². The van der Waals surface area contributed by atoms with Gasteiger partial charge in [-0.05, 0) is 17.7 Å². The van der Waals surface area contributed by atoms with E-state index in [-0.39, 0.29) is 0 Å². The Balaban J connectivity index is 1.40. The lowest BCUT2D eigenvalue weighted by atomic mass is 10.2. The van der Waals surface area contributed by atoms with Crippen molar-refractivity contribution in [1.29, 1.82) is 0 Å². The van der Waals surface area contributed by atoms with Gasteiger partial charge < -0.3 is 14.0 Å². The number of fused-ring (bicyclic) bond motifs is 1. The summed E-state index contributed by atoms with van der Waals surface area (Å²) in [6.45, 7) is 4.95. The van der Waals surface area contributed by atoms with Crippen molar-refractivity contribution < 1.29 is 4.74 Å². The maximum absolute atomic E-state index is 5.22. The summed E-state index contributed by atoms with van der Waals surface area (Å²) in [6.07, 6.45) is 7.56. The number of hydrogen-bond donors (Lipinski definition) is 0. The van der Waals surface area contributed by atoms with Crippen molar-refractivity contribution in [3.63, 3.8) is 0 Å². The van der Waals surface area contributed by atoms with E-state index in [1.807, 2.05) is 41.3 Å². The van der Waals surface area contributed by atoms with Gasteiger partial charge in [0.1, 0.15) is 5.75 Å². The highest BCUT2D eigenvalue weighted by molar-refractivity contribution is 5.64. The van der Waals surface area contributed by atoms with Crippen molar-refractivity contribution >= 4 is 11.5 Å². The number of ether oxygens (including phenoxy) is 1. The zero-order chi connectivity index (χ0) is 16.4. The van der Waals surface area contributed by atoms with Crippen molar-refractivity contribution in [3.8, 4) is 5.75 Å². The number of aromatic nitrogens is 3. The Hall–Kier alpha value is -2.60. The molecule has 0 aliphatic carbocycles. The monoisotopic (exact) mass is 323 g/mol. The van der Waals surface area contributed by atoms with Gasteiger partial charge in [0.2, 0.25) is 0 Å². The van der Waals surface area contributed by atoms with E-state index in [2.05, 4.69) is 31.9 Å². The number of nitrogens with zero attached hydrogens (tertiary/aromatic N) is 5. The largest absolute Gasteiger partial charge is 0.497 e. The Morgan fingerprint density at radius 1 is 0.958 bits per heavy atom. The van der Waals surface area contributed by atoms with Crippen molar-refractivity contribution in [3.05, 3.63) is 54.6 Å². The smallest absolute Gasteiger partial charge is 0.180 e. The van der Waals surface area contributed by atoms with Crippen LogP contribution in [0.1, 0.15) is 5.56 Å². The molecule has 24 heavy (non-hydrogen) atoms. The minimum atomic E-state index is 0.905. The second-order valence-corrected chi connectivity index (χ2v) is 6.02. The minimum Gasteiger partial charge on any atom is -0.497 e. The average molecular weight is 323 g/mol. The third-order valence-corrected chi connectivity index (χ3v) is 4.53. The number of methoxy groups -OCH3 is 1. The van der Waals surface area contributed by atoms with Gasteiger partial charge in [-0.2, -0.15) is 0 Å². The van der Waals surface area contributed by atoms with Gasteiger partial charge in [-0.3, -0.25) is 4.90 Å². The molecule has 1 aliphatic rings. The Morgan fingerprint density at radius 3 is 2.38 bits per heavy atom. The highest BCUT2D eigenvalue weighted by Crippen LogP contribution is 2.20. The average Bonchev–Trinajstić information content (AvgIpc) is 3.12. The normalized spacial score (nSPS) is 15.8. The second kappa shape index (κ2) is 6.49. The Morgan fingerprint density at radius 2 is 1.67 bits per heavy atom. The van der Waals surface area contributed by atoms with Gasteiger partial charge in [0, 0.05) is 57.5 Å². The number of piperazine rings is 1. The number of anilines is 1. The lowest BCUT2D eigenvalue weighted by Crippen LogP contribution is -2.46. The molecule has 0 bridgehead atoms. The SMILES string of the molecule is COc1ccc(CN2CCN(c3nccn4ccnc34)CC2)cc1. The van der Waals surface area contributed by atoms with Gasteiger partial charge in [-0.25, -0.2) is 9.97 Å². The molecule has 3 aromatic rings. The molecule has 1 fully saturated rings. The van der Waals surface area contributed by atoms with Crippen LogP contribution >= 0.6 is 0 Å². The highest BCUT2D eigenvalue weighted by atomic mass is 16.5. The summed E-state index contributed by atoms with van der Waals surface area (Å²) in [6, 6.07) is 8.32. The van der Waals surface area contributed by atoms with Gasteiger partial charge >= 0.3 is 0 Å². The van der Waals surface area contributed by atoms with E-state index in [1.54, 1.807) is 7.11 Å². The van der Waals surface area contributed by atoms with Crippen LogP contribution in [0.2, 0.25) is 0 Å². The van der Waals surface area contributed by atoms with E-state index < -0.39 is 0 Å². The number of benzene rings is 1. The lowest BCUT2D eigenvalue weighted by molar-refractivity contribution is 0.249. The quantitative estimate of drug-likeness (QED) is 0.735. The van der Waals surface area contributed by atoms with Crippen LogP contribution < -0.4 is 9.64 Å². The Labute approximate surface area is 141 Å². The molecule has 0 saturated carbocycles. The summed E-state index contributed by atoms with van der Waals surface area (Å²) in [5.41, 5.74) is 2.25. The number of rotatable bonds is 4. The summed E-state index contributed by atoms with van der Waals surface area (Å²) in [7, 11) is 1.70. The lowest BCUT2D eigenvalue weighted by Gasteiger charge is -2.35. The first-order chi connectivity index (χ1) is 11.8. The molecule has 0 amide bonds. The molecule has 0 spiro atoms. The molecule has 1 saturated heterocycles. The van der Waals surface area contributed by atoms with Crippen LogP contribution in [0.15, 0.2) is 49.1 Å². The van der Waals surface area contributed by atoms with E-state index in [4.69, 9.17) is 4.74 Å².